The van der Waals surface area contributed by atoms with Crippen LogP contribution in [0.3, 0.4) is 0 Å². The maximum atomic E-state index is 12.3. The standard InChI is InChI=1S/C14H18ClN3O4.ClH/c1-9(14(19)17-6-2-3-11(16)8-17)22-13-5-4-10(15)7-12(13)18(20)21;/h4-5,7,9,11H,2-3,6,8,16H2,1H3;1H. The fraction of sp³-hybridized carbons (Fsp3) is 0.500. The molecular weight excluding hydrogens is 345 g/mol. The fourth-order valence-corrected chi connectivity index (χ4v) is 2.61. The van der Waals surface area contributed by atoms with Gasteiger partial charge in [-0.15, -0.1) is 12.4 Å². The molecule has 2 atom stereocenters. The second kappa shape index (κ2) is 8.33. The molecule has 1 aliphatic heterocycles. The number of amides is 1. The molecule has 1 aromatic carbocycles. The van der Waals surface area contributed by atoms with E-state index in [4.69, 9.17) is 22.1 Å². The number of rotatable bonds is 4. The van der Waals surface area contributed by atoms with Gasteiger partial charge in [-0.1, -0.05) is 11.6 Å². The Hall–Kier alpha value is -1.57. The van der Waals surface area contributed by atoms with Gasteiger partial charge in [-0.2, -0.15) is 0 Å². The van der Waals surface area contributed by atoms with Crippen LogP contribution in [-0.2, 0) is 4.79 Å². The van der Waals surface area contributed by atoms with Crippen LogP contribution in [-0.4, -0.2) is 41.0 Å². The molecule has 0 bridgehead atoms. The Morgan fingerprint density at radius 1 is 1.57 bits per heavy atom. The van der Waals surface area contributed by atoms with Crippen LogP contribution >= 0.6 is 24.0 Å². The minimum absolute atomic E-state index is 0. The lowest BCUT2D eigenvalue weighted by Gasteiger charge is -2.32. The second-order valence-electron chi connectivity index (χ2n) is 5.32. The smallest absolute Gasteiger partial charge is 0.312 e. The first kappa shape index (κ1) is 19.5. The van der Waals surface area contributed by atoms with Crippen molar-refractivity contribution in [1.82, 2.24) is 4.90 Å². The van der Waals surface area contributed by atoms with Crippen molar-refractivity contribution in [3.8, 4) is 5.75 Å². The summed E-state index contributed by atoms with van der Waals surface area (Å²) in [5, 5.41) is 11.3. The highest BCUT2D eigenvalue weighted by Crippen LogP contribution is 2.30. The van der Waals surface area contributed by atoms with Gasteiger partial charge in [0.05, 0.1) is 4.92 Å². The van der Waals surface area contributed by atoms with Crippen LogP contribution in [0.2, 0.25) is 5.02 Å². The Balaban J connectivity index is 0.00000264. The van der Waals surface area contributed by atoms with Crippen molar-refractivity contribution in [2.24, 2.45) is 5.73 Å². The number of nitro benzene ring substituents is 1. The van der Waals surface area contributed by atoms with Gasteiger partial charge >= 0.3 is 5.69 Å². The minimum atomic E-state index is -0.829. The monoisotopic (exact) mass is 363 g/mol. The third-order valence-electron chi connectivity index (χ3n) is 3.54. The number of nitrogens with two attached hydrogens (primary N) is 1. The van der Waals surface area contributed by atoms with Crippen molar-refractivity contribution in [2.45, 2.75) is 31.9 Å². The van der Waals surface area contributed by atoms with Gasteiger partial charge in [-0.25, -0.2) is 0 Å². The van der Waals surface area contributed by atoms with Crippen LogP contribution in [0.1, 0.15) is 19.8 Å². The van der Waals surface area contributed by atoms with E-state index >= 15 is 0 Å². The molecular formula is C14H19Cl2N3O4. The zero-order valence-corrected chi connectivity index (χ0v) is 14.2. The summed E-state index contributed by atoms with van der Waals surface area (Å²) >= 11 is 5.75. The number of hydrogen-bond acceptors (Lipinski definition) is 5. The molecule has 7 nitrogen and oxygen atoms in total. The fourth-order valence-electron chi connectivity index (χ4n) is 2.44. The number of halogens is 2. The number of nitrogens with zero attached hydrogens (tertiary/aromatic N) is 2. The summed E-state index contributed by atoms with van der Waals surface area (Å²) in [6.07, 6.45) is 0.910. The van der Waals surface area contributed by atoms with Crippen molar-refractivity contribution in [3.05, 3.63) is 33.3 Å². The molecule has 9 heteroatoms. The van der Waals surface area contributed by atoms with E-state index in [2.05, 4.69) is 0 Å². The van der Waals surface area contributed by atoms with E-state index in [0.29, 0.717) is 13.1 Å². The summed E-state index contributed by atoms with van der Waals surface area (Å²) < 4.78 is 5.48. The molecule has 2 rings (SSSR count). The van der Waals surface area contributed by atoms with Gasteiger partial charge in [0, 0.05) is 30.2 Å². The number of carbonyl (C=O) groups excluding carboxylic acids is 1. The highest BCUT2D eigenvalue weighted by Gasteiger charge is 2.28. The van der Waals surface area contributed by atoms with Gasteiger partial charge in [0.1, 0.15) is 0 Å². The molecule has 128 valence electrons. The van der Waals surface area contributed by atoms with E-state index in [9.17, 15) is 14.9 Å². The molecule has 1 aliphatic rings. The zero-order valence-electron chi connectivity index (χ0n) is 12.6. The lowest BCUT2D eigenvalue weighted by atomic mass is 10.1. The summed E-state index contributed by atoms with van der Waals surface area (Å²) in [7, 11) is 0. The average Bonchev–Trinajstić information content (AvgIpc) is 2.48. The van der Waals surface area contributed by atoms with Crippen LogP contribution in [0.25, 0.3) is 0 Å². The quantitative estimate of drug-likeness (QED) is 0.653. The summed E-state index contributed by atoms with van der Waals surface area (Å²) in [5.41, 5.74) is 5.60. The molecule has 1 saturated heterocycles. The number of piperidine rings is 1. The SMILES string of the molecule is CC(Oc1ccc(Cl)cc1[N+](=O)[O-])C(=O)N1CCCC(N)C1.Cl. The first-order valence-electron chi connectivity index (χ1n) is 7.03. The second-order valence-corrected chi connectivity index (χ2v) is 5.75. The first-order valence-corrected chi connectivity index (χ1v) is 7.41. The van der Waals surface area contributed by atoms with E-state index in [-0.39, 0.29) is 40.8 Å². The van der Waals surface area contributed by atoms with Crippen molar-refractivity contribution in [3.63, 3.8) is 0 Å². The van der Waals surface area contributed by atoms with Crippen LogP contribution < -0.4 is 10.5 Å². The molecule has 0 aromatic heterocycles. The average molecular weight is 364 g/mol. The maximum Gasteiger partial charge on any atom is 0.312 e. The van der Waals surface area contributed by atoms with Crippen molar-refractivity contribution >= 4 is 35.6 Å². The van der Waals surface area contributed by atoms with Gasteiger partial charge in [0.15, 0.2) is 11.9 Å². The van der Waals surface area contributed by atoms with Crippen LogP contribution in [0.4, 0.5) is 5.69 Å². The number of carbonyl (C=O) groups is 1. The molecule has 2 unspecified atom stereocenters. The van der Waals surface area contributed by atoms with Gasteiger partial charge in [-0.05, 0) is 31.9 Å². The lowest BCUT2D eigenvalue weighted by Crippen LogP contribution is -2.49. The number of ether oxygens (including phenoxy) is 1. The predicted molar refractivity (Wildman–Crippen MR) is 89.2 cm³/mol. The topological polar surface area (TPSA) is 98.7 Å². The van der Waals surface area contributed by atoms with Gasteiger partial charge in [-0.3, -0.25) is 14.9 Å². The molecule has 2 N–H and O–H groups in total. The zero-order chi connectivity index (χ0) is 16.3. The summed E-state index contributed by atoms with van der Waals surface area (Å²) in [6.45, 7) is 2.68. The van der Waals surface area contributed by atoms with Crippen LogP contribution in [0.5, 0.6) is 5.75 Å². The normalized spacial score (nSPS) is 18.7. The Kier molecular flexibility index (Phi) is 7.05. The van der Waals surface area contributed by atoms with Gasteiger partial charge in [0.25, 0.3) is 5.91 Å². The number of hydrogen-bond donors (Lipinski definition) is 1. The molecule has 23 heavy (non-hydrogen) atoms. The van der Waals surface area contributed by atoms with Crippen LogP contribution in [0, 0.1) is 10.1 Å². The van der Waals surface area contributed by atoms with Gasteiger partial charge in [0.2, 0.25) is 0 Å². The van der Waals surface area contributed by atoms with E-state index < -0.39 is 11.0 Å². The van der Waals surface area contributed by atoms with E-state index in [1.165, 1.54) is 18.2 Å². The number of benzene rings is 1. The van der Waals surface area contributed by atoms with Crippen LogP contribution in [0.15, 0.2) is 18.2 Å². The summed E-state index contributed by atoms with van der Waals surface area (Å²) in [5.74, 6) is -0.198. The Morgan fingerprint density at radius 2 is 2.26 bits per heavy atom. The molecule has 1 aromatic rings. The summed E-state index contributed by atoms with van der Waals surface area (Å²) in [6, 6.07) is 4.05. The Labute approximate surface area is 145 Å². The van der Waals surface area contributed by atoms with Crippen molar-refractivity contribution < 1.29 is 14.5 Å². The lowest BCUT2D eigenvalue weighted by molar-refractivity contribution is -0.386. The predicted octanol–water partition coefficient (Wildman–Crippen LogP) is 2.39. The molecule has 0 spiro atoms. The van der Waals surface area contributed by atoms with Crippen molar-refractivity contribution in [2.75, 3.05) is 13.1 Å². The maximum absolute atomic E-state index is 12.3. The minimum Gasteiger partial charge on any atom is -0.474 e. The molecule has 1 amide bonds. The Bertz CT molecular complexity index is 585. The number of likely N-dealkylation sites (tertiary alicyclic amines) is 1. The number of nitro groups is 1. The molecule has 0 radical (unpaired) electrons. The first-order chi connectivity index (χ1) is 10.4. The van der Waals surface area contributed by atoms with Crippen molar-refractivity contribution in [1.29, 1.82) is 0 Å². The highest BCUT2D eigenvalue weighted by molar-refractivity contribution is 6.30. The third-order valence-corrected chi connectivity index (χ3v) is 3.77. The largest absolute Gasteiger partial charge is 0.474 e. The third kappa shape index (κ3) is 4.95. The highest BCUT2D eigenvalue weighted by atomic mass is 35.5. The molecule has 1 fully saturated rings. The molecule has 1 heterocycles. The van der Waals surface area contributed by atoms with E-state index in [1.807, 2.05) is 0 Å². The Morgan fingerprint density at radius 3 is 2.87 bits per heavy atom. The molecule has 0 aliphatic carbocycles. The molecule has 0 saturated carbocycles. The van der Waals surface area contributed by atoms with Gasteiger partial charge < -0.3 is 15.4 Å². The van der Waals surface area contributed by atoms with E-state index in [1.54, 1.807) is 11.8 Å². The summed E-state index contributed by atoms with van der Waals surface area (Å²) in [4.78, 5) is 24.4. The van der Waals surface area contributed by atoms with E-state index in [0.717, 1.165) is 12.8 Å².